The van der Waals surface area contributed by atoms with Crippen LogP contribution >= 0.6 is 11.3 Å². The first kappa shape index (κ1) is 17.1. The summed E-state index contributed by atoms with van der Waals surface area (Å²) in [6.07, 6.45) is 5.35. The van der Waals surface area contributed by atoms with E-state index in [0.717, 1.165) is 65.0 Å². The number of aromatic nitrogens is 3. The second-order valence-electron chi connectivity index (χ2n) is 7.20. The summed E-state index contributed by atoms with van der Waals surface area (Å²) >= 11 is 1.59. The number of nitrogen functional groups attached to an aromatic ring is 1. The van der Waals surface area contributed by atoms with Crippen molar-refractivity contribution >= 4 is 43.4 Å². The third kappa shape index (κ3) is 2.83. The highest BCUT2D eigenvalue weighted by atomic mass is 32.1. The molecular formula is C19H23N5O2S. The number of nitrogens with two attached hydrogens (primary N) is 1. The van der Waals surface area contributed by atoms with E-state index in [1.165, 1.54) is 5.56 Å². The number of hydrogen-bond acceptors (Lipinski definition) is 8. The Morgan fingerprint density at radius 3 is 2.74 bits per heavy atom. The quantitative estimate of drug-likeness (QED) is 0.741. The number of pyridine rings is 1. The number of aryl methyl sites for hydroxylation is 1. The van der Waals surface area contributed by atoms with Crippen molar-refractivity contribution in [3.63, 3.8) is 0 Å². The summed E-state index contributed by atoms with van der Waals surface area (Å²) in [7, 11) is 0. The van der Waals surface area contributed by atoms with Gasteiger partial charge in [0.1, 0.15) is 22.8 Å². The van der Waals surface area contributed by atoms with Gasteiger partial charge in [-0.05, 0) is 18.1 Å². The highest BCUT2D eigenvalue weighted by Gasteiger charge is 2.40. The zero-order chi connectivity index (χ0) is 18.4. The lowest BCUT2D eigenvalue weighted by atomic mass is 10.0. The van der Waals surface area contributed by atoms with Crippen LogP contribution in [-0.2, 0) is 15.9 Å². The van der Waals surface area contributed by atoms with Crippen molar-refractivity contribution in [2.45, 2.75) is 38.4 Å². The molecule has 8 heteroatoms. The standard InChI is InChI=1S/C19H23N5O2S/c1-2-3-12-10-13(24-6-4-19(5-7-24)25-8-9-26-19)23-18-14(12)15-16(27-18)17(20)22-11-21-15/h10-11H,2-9H2,1H3,(H2,20,21,22). The maximum atomic E-state index is 6.08. The summed E-state index contributed by atoms with van der Waals surface area (Å²) in [5.74, 6) is 1.19. The van der Waals surface area contributed by atoms with Gasteiger partial charge in [0.05, 0.1) is 23.4 Å². The predicted molar refractivity (Wildman–Crippen MR) is 107 cm³/mol. The molecule has 3 aromatic rings. The Labute approximate surface area is 161 Å². The van der Waals surface area contributed by atoms with Gasteiger partial charge in [0.25, 0.3) is 0 Å². The molecule has 0 radical (unpaired) electrons. The second kappa shape index (κ2) is 6.54. The van der Waals surface area contributed by atoms with Crippen LogP contribution in [-0.4, -0.2) is 47.0 Å². The van der Waals surface area contributed by atoms with Crippen LogP contribution in [0.2, 0.25) is 0 Å². The van der Waals surface area contributed by atoms with E-state index >= 15 is 0 Å². The summed E-state index contributed by atoms with van der Waals surface area (Å²) in [5, 5.41) is 1.13. The summed E-state index contributed by atoms with van der Waals surface area (Å²) in [6, 6.07) is 2.23. The normalized spacial score (nSPS) is 19.5. The van der Waals surface area contributed by atoms with Crippen LogP contribution in [0.4, 0.5) is 11.6 Å². The number of hydrogen-bond donors (Lipinski definition) is 1. The lowest BCUT2D eigenvalue weighted by Gasteiger charge is -2.38. The molecule has 1 spiro atoms. The first-order valence-corrected chi connectivity index (χ1v) is 10.4. The van der Waals surface area contributed by atoms with Crippen molar-refractivity contribution in [1.29, 1.82) is 0 Å². The van der Waals surface area contributed by atoms with Crippen molar-refractivity contribution < 1.29 is 9.47 Å². The fourth-order valence-electron chi connectivity index (χ4n) is 4.14. The van der Waals surface area contributed by atoms with Gasteiger partial charge in [-0.1, -0.05) is 13.3 Å². The number of anilines is 2. The molecule has 5 heterocycles. The third-order valence-electron chi connectivity index (χ3n) is 5.50. The molecule has 0 aliphatic carbocycles. The molecule has 2 fully saturated rings. The number of nitrogens with zero attached hydrogens (tertiary/aromatic N) is 4. The molecule has 3 aromatic heterocycles. The molecule has 0 aromatic carbocycles. The number of fused-ring (bicyclic) bond motifs is 3. The highest BCUT2D eigenvalue weighted by molar-refractivity contribution is 7.26. The topological polar surface area (TPSA) is 86.4 Å². The number of rotatable bonds is 3. The molecule has 0 bridgehead atoms. The average molecular weight is 385 g/mol. The van der Waals surface area contributed by atoms with E-state index < -0.39 is 0 Å². The van der Waals surface area contributed by atoms with Crippen molar-refractivity contribution in [1.82, 2.24) is 15.0 Å². The zero-order valence-corrected chi connectivity index (χ0v) is 16.2. The minimum atomic E-state index is -0.367. The van der Waals surface area contributed by atoms with Gasteiger partial charge in [-0.3, -0.25) is 0 Å². The van der Waals surface area contributed by atoms with E-state index in [0.29, 0.717) is 19.0 Å². The molecule has 2 saturated heterocycles. The van der Waals surface area contributed by atoms with Crippen molar-refractivity contribution in [3.8, 4) is 0 Å². The van der Waals surface area contributed by atoms with Gasteiger partial charge in [0.2, 0.25) is 0 Å². The summed E-state index contributed by atoms with van der Waals surface area (Å²) in [4.78, 5) is 16.9. The molecule has 2 aliphatic heterocycles. The van der Waals surface area contributed by atoms with Crippen LogP contribution in [0.5, 0.6) is 0 Å². The predicted octanol–water partition coefficient (Wildman–Crippen LogP) is 3.12. The van der Waals surface area contributed by atoms with Crippen molar-refractivity contribution in [2.24, 2.45) is 0 Å². The van der Waals surface area contributed by atoms with Gasteiger partial charge < -0.3 is 20.1 Å². The Balaban J connectivity index is 1.55. The Bertz CT molecular complexity index is 989. The molecule has 142 valence electrons. The molecule has 2 aliphatic rings. The van der Waals surface area contributed by atoms with E-state index in [-0.39, 0.29) is 5.79 Å². The summed E-state index contributed by atoms with van der Waals surface area (Å²) < 4.78 is 12.6. The van der Waals surface area contributed by atoms with Gasteiger partial charge in [-0.25, -0.2) is 15.0 Å². The minimum Gasteiger partial charge on any atom is -0.382 e. The molecule has 27 heavy (non-hydrogen) atoms. The van der Waals surface area contributed by atoms with Gasteiger partial charge >= 0.3 is 0 Å². The maximum absolute atomic E-state index is 6.08. The van der Waals surface area contributed by atoms with Crippen LogP contribution in [0.3, 0.4) is 0 Å². The van der Waals surface area contributed by atoms with Crippen LogP contribution in [0.25, 0.3) is 20.4 Å². The van der Waals surface area contributed by atoms with Gasteiger partial charge in [-0.15, -0.1) is 11.3 Å². The molecule has 0 unspecified atom stereocenters. The molecule has 0 amide bonds. The molecule has 5 rings (SSSR count). The lowest BCUT2D eigenvalue weighted by molar-refractivity contribution is -0.169. The minimum absolute atomic E-state index is 0.367. The average Bonchev–Trinajstić information content (AvgIpc) is 3.28. The Hall–Kier alpha value is -2.03. The van der Waals surface area contributed by atoms with E-state index in [4.69, 9.17) is 20.2 Å². The smallest absolute Gasteiger partial charge is 0.171 e. The van der Waals surface area contributed by atoms with Crippen LogP contribution < -0.4 is 10.6 Å². The third-order valence-corrected chi connectivity index (χ3v) is 6.60. The molecule has 0 saturated carbocycles. The first-order chi connectivity index (χ1) is 13.2. The highest BCUT2D eigenvalue weighted by Crippen LogP contribution is 2.39. The van der Waals surface area contributed by atoms with E-state index in [1.54, 1.807) is 17.7 Å². The molecule has 0 atom stereocenters. The van der Waals surface area contributed by atoms with Crippen molar-refractivity contribution in [3.05, 3.63) is 18.0 Å². The van der Waals surface area contributed by atoms with E-state index in [2.05, 4.69) is 27.9 Å². The van der Waals surface area contributed by atoms with Crippen LogP contribution in [0.1, 0.15) is 31.7 Å². The van der Waals surface area contributed by atoms with Gasteiger partial charge in [0, 0.05) is 31.3 Å². The fourth-order valence-corrected chi connectivity index (χ4v) is 5.21. The van der Waals surface area contributed by atoms with Crippen LogP contribution in [0, 0.1) is 0 Å². The Kier molecular flexibility index (Phi) is 4.14. The number of ether oxygens (including phenoxy) is 2. The van der Waals surface area contributed by atoms with Crippen molar-refractivity contribution in [2.75, 3.05) is 36.9 Å². The number of piperidine rings is 1. The maximum Gasteiger partial charge on any atom is 0.171 e. The van der Waals surface area contributed by atoms with Gasteiger partial charge in [-0.2, -0.15) is 0 Å². The number of thiophene rings is 1. The zero-order valence-electron chi connectivity index (χ0n) is 15.4. The largest absolute Gasteiger partial charge is 0.382 e. The Morgan fingerprint density at radius 1 is 1.22 bits per heavy atom. The Morgan fingerprint density at radius 2 is 2.00 bits per heavy atom. The molecule has 2 N–H and O–H groups in total. The second-order valence-corrected chi connectivity index (χ2v) is 8.20. The van der Waals surface area contributed by atoms with E-state index in [9.17, 15) is 0 Å². The SMILES string of the molecule is CCCc1cc(N2CCC3(CC2)OCCO3)nc2sc3c(N)ncnc3c12. The monoisotopic (exact) mass is 385 g/mol. The fraction of sp³-hybridized carbons (Fsp3) is 0.526. The molecule has 7 nitrogen and oxygen atoms in total. The summed E-state index contributed by atoms with van der Waals surface area (Å²) in [5.41, 5.74) is 8.30. The summed E-state index contributed by atoms with van der Waals surface area (Å²) in [6.45, 7) is 5.38. The van der Waals surface area contributed by atoms with E-state index in [1.807, 2.05) is 0 Å². The first-order valence-electron chi connectivity index (χ1n) is 9.54. The lowest BCUT2D eigenvalue weighted by Crippen LogP contribution is -2.45. The van der Waals surface area contributed by atoms with Crippen LogP contribution in [0.15, 0.2) is 12.4 Å². The van der Waals surface area contributed by atoms with Gasteiger partial charge in [0.15, 0.2) is 5.79 Å². The molecular weight excluding hydrogens is 362 g/mol.